The Morgan fingerprint density at radius 2 is 1.64 bits per heavy atom. The topological polar surface area (TPSA) is 71.1 Å². The first kappa shape index (κ1) is 17.8. The highest BCUT2D eigenvalue weighted by Crippen LogP contribution is 2.20. The molecule has 0 atom stereocenters. The predicted octanol–water partition coefficient (Wildman–Crippen LogP) is 4.17. The van der Waals surface area contributed by atoms with Crippen LogP contribution in [-0.4, -0.2) is 25.5 Å². The van der Waals surface area contributed by atoms with Gasteiger partial charge in [0.15, 0.2) is 0 Å². The fraction of sp³-hybridized carbons (Fsp3) is 0.500. The molecule has 0 aromatic heterocycles. The second-order valence-corrected chi connectivity index (χ2v) is 5.09. The van der Waals surface area contributed by atoms with Crippen LogP contribution < -0.4 is 9.47 Å². The molecule has 0 saturated heterocycles. The highest BCUT2D eigenvalue weighted by molar-refractivity contribution is 5.66. The maximum absolute atomic E-state index is 11.4. The van der Waals surface area contributed by atoms with E-state index in [2.05, 4.69) is 0 Å². The smallest absolute Gasteiger partial charge is 0.434 e. The summed E-state index contributed by atoms with van der Waals surface area (Å²) in [4.78, 5) is 22.9. The van der Waals surface area contributed by atoms with Crippen LogP contribution in [0.2, 0.25) is 0 Å². The van der Waals surface area contributed by atoms with Gasteiger partial charge in [-0.25, -0.2) is 9.59 Å². The normalized spacial score (nSPS) is 10.2. The van der Waals surface area contributed by atoms with E-state index in [1.807, 2.05) is 20.8 Å². The van der Waals surface area contributed by atoms with E-state index in [0.29, 0.717) is 6.61 Å². The third-order valence-electron chi connectivity index (χ3n) is 2.46. The number of benzene rings is 1. The number of unbranched alkanes of at least 4 members (excludes halogenated alkanes) is 1. The summed E-state index contributed by atoms with van der Waals surface area (Å²) in [5, 5.41) is 0. The van der Waals surface area contributed by atoms with Crippen molar-refractivity contribution in [2.24, 2.45) is 5.92 Å². The van der Waals surface area contributed by atoms with Gasteiger partial charge >= 0.3 is 12.3 Å². The summed E-state index contributed by atoms with van der Waals surface area (Å²) < 4.78 is 19.8. The molecule has 0 spiro atoms. The molecule has 1 aromatic rings. The van der Waals surface area contributed by atoms with Gasteiger partial charge in [-0.15, -0.1) is 0 Å². The van der Waals surface area contributed by atoms with E-state index >= 15 is 0 Å². The number of carbonyl (C=O) groups excluding carboxylic acids is 2. The Hall–Kier alpha value is -2.24. The molecule has 0 unspecified atom stereocenters. The van der Waals surface area contributed by atoms with Crippen molar-refractivity contribution in [3.63, 3.8) is 0 Å². The van der Waals surface area contributed by atoms with Gasteiger partial charge in [0, 0.05) is 6.07 Å². The molecule has 0 N–H and O–H groups in total. The molecule has 22 heavy (non-hydrogen) atoms. The Morgan fingerprint density at radius 1 is 1.05 bits per heavy atom. The van der Waals surface area contributed by atoms with Gasteiger partial charge in [-0.3, -0.25) is 0 Å². The minimum atomic E-state index is -0.795. The average Bonchev–Trinajstić information content (AvgIpc) is 2.46. The van der Waals surface area contributed by atoms with Crippen molar-refractivity contribution in [3.8, 4) is 11.5 Å². The SMILES string of the molecule is CCCCOC(=O)Oc1cccc(OC(=O)OCC(C)C)c1. The molecule has 0 bridgehead atoms. The van der Waals surface area contributed by atoms with Gasteiger partial charge in [-0.1, -0.05) is 33.3 Å². The van der Waals surface area contributed by atoms with Gasteiger partial charge < -0.3 is 18.9 Å². The van der Waals surface area contributed by atoms with Gasteiger partial charge in [-0.2, -0.15) is 0 Å². The second-order valence-electron chi connectivity index (χ2n) is 5.09. The summed E-state index contributed by atoms with van der Waals surface area (Å²) in [6, 6.07) is 6.14. The third kappa shape index (κ3) is 7.52. The highest BCUT2D eigenvalue weighted by Gasteiger charge is 2.10. The van der Waals surface area contributed by atoms with Gasteiger partial charge in [-0.05, 0) is 24.5 Å². The first-order valence-electron chi connectivity index (χ1n) is 7.30. The minimum Gasteiger partial charge on any atom is -0.434 e. The van der Waals surface area contributed by atoms with Gasteiger partial charge in [0.05, 0.1) is 13.2 Å². The Kier molecular flexibility index (Phi) is 7.81. The molecule has 6 heteroatoms. The van der Waals surface area contributed by atoms with Crippen molar-refractivity contribution in [1.29, 1.82) is 0 Å². The van der Waals surface area contributed by atoms with Crippen LogP contribution in [-0.2, 0) is 9.47 Å². The molecule has 0 amide bonds. The highest BCUT2D eigenvalue weighted by atomic mass is 16.7. The lowest BCUT2D eigenvalue weighted by molar-refractivity contribution is 0.0883. The monoisotopic (exact) mass is 310 g/mol. The molecule has 0 fully saturated rings. The fourth-order valence-corrected chi connectivity index (χ4v) is 1.39. The van der Waals surface area contributed by atoms with Crippen LogP contribution in [0.5, 0.6) is 11.5 Å². The third-order valence-corrected chi connectivity index (χ3v) is 2.46. The van der Waals surface area contributed by atoms with Crippen LogP contribution in [0.4, 0.5) is 9.59 Å². The molecule has 0 aliphatic rings. The molecule has 122 valence electrons. The van der Waals surface area contributed by atoms with Gasteiger partial charge in [0.25, 0.3) is 0 Å². The number of hydrogen-bond acceptors (Lipinski definition) is 6. The fourth-order valence-electron chi connectivity index (χ4n) is 1.39. The van der Waals surface area contributed by atoms with Crippen molar-refractivity contribution >= 4 is 12.3 Å². The summed E-state index contributed by atoms with van der Waals surface area (Å²) in [6.45, 7) is 6.43. The molecular weight excluding hydrogens is 288 g/mol. The van der Waals surface area contributed by atoms with E-state index in [9.17, 15) is 9.59 Å². The average molecular weight is 310 g/mol. The minimum absolute atomic E-state index is 0.222. The lowest BCUT2D eigenvalue weighted by Gasteiger charge is -2.09. The molecular formula is C16H22O6. The van der Waals surface area contributed by atoms with Gasteiger partial charge in [0.1, 0.15) is 11.5 Å². The zero-order valence-electron chi connectivity index (χ0n) is 13.2. The predicted molar refractivity (Wildman–Crippen MR) is 80.1 cm³/mol. The molecule has 0 aliphatic heterocycles. The quantitative estimate of drug-likeness (QED) is 0.427. The summed E-state index contributed by atoms with van der Waals surface area (Å²) in [5.74, 6) is 0.684. The van der Waals surface area contributed by atoms with Crippen molar-refractivity contribution in [3.05, 3.63) is 24.3 Å². The largest absolute Gasteiger partial charge is 0.513 e. The molecule has 1 aromatic carbocycles. The lowest BCUT2D eigenvalue weighted by Crippen LogP contribution is -2.14. The van der Waals surface area contributed by atoms with E-state index in [-0.39, 0.29) is 24.0 Å². The van der Waals surface area contributed by atoms with E-state index in [1.54, 1.807) is 18.2 Å². The molecule has 6 nitrogen and oxygen atoms in total. The van der Waals surface area contributed by atoms with Crippen LogP contribution in [0.25, 0.3) is 0 Å². The summed E-state index contributed by atoms with van der Waals surface area (Å²) in [6.07, 6.45) is 0.124. The van der Waals surface area contributed by atoms with Crippen molar-refractivity contribution in [2.45, 2.75) is 33.6 Å². The van der Waals surface area contributed by atoms with Crippen LogP contribution in [0.3, 0.4) is 0 Å². The summed E-state index contributed by atoms with van der Waals surface area (Å²) in [5.41, 5.74) is 0. The maximum atomic E-state index is 11.4. The van der Waals surface area contributed by atoms with E-state index in [1.165, 1.54) is 6.07 Å². The lowest BCUT2D eigenvalue weighted by atomic mass is 10.2. The molecule has 0 aliphatic carbocycles. The first-order chi connectivity index (χ1) is 10.5. The Bertz CT molecular complexity index is 483. The molecule has 0 heterocycles. The van der Waals surface area contributed by atoms with E-state index in [0.717, 1.165) is 12.8 Å². The number of hydrogen-bond donors (Lipinski definition) is 0. The van der Waals surface area contributed by atoms with Gasteiger partial charge in [0.2, 0.25) is 0 Å². The molecule has 1 rings (SSSR count). The van der Waals surface area contributed by atoms with E-state index in [4.69, 9.17) is 18.9 Å². The maximum Gasteiger partial charge on any atom is 0.513 e. The summed E-state index contributed by atoms with van der Waals surface area (Å²) >= 11 is 0. The standard InChI is InChI=1S/C16H22O6/c1-4-5-9-19-15(17)21-13-7-6-8-14(10-13)22-16(18)20-11-12(2)3/h6-8,10,12H,4-5,9,11H2,1-3H3. The first-order valence-corrected chi connectivity index (χ1v) is 7.30. The number of ether oxygens (including phenoxy) is 4. The van der Waals surface area contributed by atoms with Crippen molar-refractivity contribution < 1.29 is 28.5 Å². The number of carbonyl (C=O) groups is 2. The van der Waals surface area contributed by atoms with Crippen molar-refractivity contribution in [2.75, 3.05) is 13.2 Å². The van der Waals surface area contributed by atoms with Crippen LogP contribution in [0, 0.1) is 5.92 Å². The zero-order valence-corrected chi connectivity index (χ0v) is 13.2. The molecule has 0 radical (unpaired) electrons. The Morgan fingerprint density at radius 3 is 2.18 bits per heavy atom. The van der Waals surface area contributed by atoms with Crippen LogP contribution >= 0.6 is 0 Å². The van der Waals surface area contributed by atoms with Crippen LogP contribution in [0.15, 0.2) is 24.3 Å². The molecule has 0 saturated carbocycles. The van der Waals surface area contributed by atoms with Crippen LogP contribution in [0.1, 0.15) is 33.6 Å². The number of rotatable bonds is 7. The summed E-state index contributed by atoms with van der Waals surface area (Å²) in [7, 11) is 0. The zero-order chi connectivity index (χ0) is 16.4. The Balaban J connectivity index is 2.48. The second kappa shape index (κ2) is 9.65. The van der Waals surface area contributed by atoms with Crippen molar-refractivity contribution in [1.82, 2.24) is 0 Å². The van der Waals surface area contributed by atoms with E-state index < -0.39 is 12.3 Å². The Labute approximate surface area is 130 Å².